The van der Waals surface area contributed by atoms with Crippen molar-refractivity contribution in [3.05, 3.63) is 23.0 Å². The van der Waals surface area contributed by atoms with Gasteiger partial charge in [-0.25, -0.2) is 4.79 Å². The van der Waals surface area contributed by atoms with Gasteiger partial charge in [-0.05, 0) is 12.0 Å². The number of carbonyl (C=O) groups excluding carboxylic acids is 1. The summed E-state index contributed by atoms with van der Waals surface area (Å²) in [5.41, 5.74) is 1.73. The number of aliphatic carboxylic acids is 1. The molecule has 1 aliphatic heterocycles. The van der Waals surface area contributed by atoms with Crippen LogP contribution in [0.1, 0.15) is 37.6 Å². The molecule has 0 spiro atoms. The van der Waals surface area contributed by atoms with Crippen molar-refractivity contribution in [1.29, 1.82) is 0 Å². The molecular weight excluding hydrogens is 222 g/mol. The number of nitrogens with zero attached hydrogens (tertiary/aromatic N) is 1. The highest BCUT2D eigenvalue weighted by atomic mass is 16.4. The molecule has 6 heteroatoms. The minimum atomic E-state index is -1.09. The summed E-state index contributed by atoms with van der Waals surface area (Å²) in [6.07, 6.45) is -0.103. The van der Waals surface area contributed by atoms with Crippen LogP contribution >= 0.6 is 0 Å². The Morgan fingerprint density at radius 2 is 2.24 bits per heavy atom. The zero-order valence-corrected chi connectivity index (χ0v) is 9.57. The topological polar surface area (TPSA) is 95.1 Å². The Hall–Kier alpha value is -2.11. The molecule has 2 heterocycles. The predicted octanol–water partition coefficient (Wildman–Crippen LogP) is 0.849. The molecule has 3 N–H and O–H groups in total. The third-order valence-corrected chi connectivity index (χ3v) is 2.64. The van der Waals surface area contributed by atoms with Gasteiger partial charge in [-0.15, -0.1) is 0 Å². The minimum absolute atomic E-state index is 0.0665. The van der Waals surface area contributed by atoms with Gasteiger partial charge in [0.1, 0.15) is 5.69 Å². The zero-order valence-electron chi connectivity index (χ0n) is 9.57. The number of aromatic nitrogens is 2. The number of hydrogen-bond donors (Lipinski definition) is 3. The molecule has 1 amide bonds. The third kappa shape index (κ3) is 2.06. The monoisotopic (exact) mass is 235 g/mol. The fourth-order valence-corrected chi connectivity index (χ4v) is 1.67. The number of carboxylic acid groups (broad SMARTS) is 1. The summed E-state index contributed by atoms with van der Waals surface area (Å²) in [6, 6.07) is 1.76. The van der Waals surface area contributed by atoms with Gasteiger partial charge in [-0.3, -0.25) is 9.89 Å². The van der Waals surface area contributed by atoms with Gasteiger partial charge in [0.05, 0.1) is 17.7 Å². The van der Waals surface area contributed by atoms with E-state index in [1.54, 1.807) is 6.07 Å². The first-order valence-electron chi connectivity index (χ1n) is 5.31. The molecule has 0 saturated heterocycles. The van der Waals surface area contributed by atoms with Crippen molar-refractivity contribution >= 4 is 17.6 Å². The second-order valence-corrected chi connectivity index (χ2v) is 4.25. The molecule has 17 heavy (non-hydrogen) atoms. The summed E-state index contributed by atoms with van der Waals surface area (Å²) < 4.78 is 0. The molecule has 0 aromatic carbocycles. The van der Waals surface area contributed by atoms with Gasteiger partial charge >= 0.3 is 5.97 Å². The first-order valence-corrected chi connectivity index (χ1v) is 5.31. The second-order valence-electron chi connectivity index (χ2n) is 4.25. The average Bonchev–Trinajstić information content (AvgIpc) is 2.82. The van der Waals surface area contributed by atoms with Crippen LogP contribution in [0.5, 0.6) is 0 Å². The van der Waals surface area contributed by atoms with E-state index in [1.807, 2.05) is 13.8 Å². The molecule has 1 aromatic rings. The first-order chi connectivity index (χ1) is 7.99. The SMILES string of the molecule is CC(C)c1cc(C2=C(C(=O)O)CC(=O)N2)n[nH]1. The molecule has 0 unspecified atom stereocenters. The number of nitrogens with one attached hydrogen (secondary N) is 2. The summed E-state index contributed by atoms with van der Waals surface area (Å²) in [6.45, 7) is 3.99. The first kappa shape index (κ1) is 11.4. The van der Waals surface area contributed by atoms with Crippen molar-refractivity contribution in [2.24, 2.45) is 0 Å². The molecule has 0 saturated carbocycles. The van der Waals surface area contributed by atoms with Crippen molar-refractivity contribution in [1.82, 2.24) is 15.5 Å². The van der Waals surface area contributed by atoms with Gasteiger partial charge in [0.2, 0.25) is 5.91 Å². The van der Waals surface area contributed by atoms with Gasteiger partial charge in [0.25, 0.3) is 0 Å². The van der Waals surface area contributed by atoms with Crippen LogP contribution in [0, 0.1) is 0 Å². The number of carboxylic acids is 1. The van der Waals surface area contributed by atoms with Crippen LogP contribution in [0.3, 0.4) is 0 Å². The lowest BCUT2D eigenvalue weighted by atomic mass is 10.1. The van der Waals surface area contributed by atoms with Gasteiger partial charge in [0, 0.05) is 5.69 Å². The molecular formula is C11H13N3O3. The highest BCUT2D eigenvalue weighted by Crippen LogP contribution is 2.24. The van der Waals surface area contributed by atoms with Crippen LogP contribution in [0.25, 0.3) is 5.70 Å². The maximum absolute atomic E-state index is 11.2. The molecule has 0 atom stereocenters. The second kappa shape index (κ2) is 4.04. The molecule has 90 valence electrons. The van der Waals surface area contributed by atoms with Gasteiger partial charge in [0.15, 0.2) is 0 Å². The van der Waals surface area contributed by atoms with Crippen molar-refractivity contribution in [3.8, 4) is 0 Å². The maximum atomic E-state index is 11.2. The maximum Gasteiger partial charge on any atom is 0.334 e. The van der Waals surface area contributed by atoms with E-state index in [0.717, 1.165) is 5.69 Å². The fourth-order valence-electron chi connectivity index (χ4n) is 1.67. The van der Waals surface area contributed by atoms with Gasteiger partial charge in [-0.1, -0.05) is 13.8 Å². The largest absolute Gasteiger partial charge is 0.478 e. The van der Waals surface area contributed by atoms with E-state index in [-0.39, 0.29) is 23.8 Å². The zero-order chi connectivity index (χ0) is 12.6. The van der Waals surface area contributed by atoms with Crippen molar-refractivity contribution in [2.75, 3.05) is 0 Å². The van der Waals surface area contributed by atoms with Gasteiger partial charge < -0.3 is 10.4 Å². The lowest BCUT2D eigenvalue weighted by Gasteiger charge is -1.99. The van der Waals surface area contributed by atoms with Crippen LogP contribution in [0.15, 0.2) is 11.6 Å². The van der Waals surface area contributed by atoms with Crippen molar-refractivity contribution < 1.29 is 14.7 Å². The Labute approximate surface area is 97.7 Å². The molecule has 0 fully saturated rings. The molecule has 6 nitrogen and oxygen atoms in total. The van der Waals surface area contributed by atoms with E-state index in [9.17, 15) is 9.59 Å². The highest BCUT2D eigenvalue weighted by molar-refractivity contribution is 6.08. The van der Waals surface area contributed by atoms with Crippen LogP contribution in [-0.4, -0.2) is 27.2 Å². The van der Waals surface area contributed by atoms with Crippen molar-refractivity contribution in [3.63, 3.8) is 0 Å². The van der Waals surface area contributed by atoms with E-state index in [1.165, 1.54) is 0 Å². The standard InChI is InChI=1S/C11H13N3O3/c1-5(2)7-4-8(14-13-7)10-6(11(16)17)3-9(15)12-10/h4-5H,3H2,1-2H3,(H,12,15)(H,13,14)(H,16,17). The Kier molecular flexibility index (Phi) is 2.71. The van der Waals surface area contributed by atoms with E-state index in [4.69, 9.17) is 5.11 Å². The van der Waals surface area contributed by atoms with Crippen LogP contribution in [0.2, 0.25) is 0 Å². The summed E-state index contributed by atoms with van der Waals surface area (Å²) in [5.74, 6) is -1.14. The summed E-state index contributed by atoms with van der Waals surface area (Å²) in [5, 5.41) is 18.4. The minimum Gasteiger partial charge on any atom is -0.478 e. The van der Waals surface area contributed by atoms with E-state index in [0.29, 0.717) is 11.4 Å². The molecule has 1 aromatic heterocycles. The summed E-state index contributed by atoms with van der Waals surface area (Å²) in [4.78, 5) is 22.2. The van der Waals surface area contributed by atoms with Crippen LogP contribution in [-0.2, 0) is 9.59 Å². The quantitative estimate of drug-likeness (QED) is 0.723. The molecule has 1 aliphatic rings. The fraction of sp³-hybridized carbons (Fsp3) is 0.364. The Bertz CT molecular complexity index is 514. The Balaban J connectivity index is 2.40. The molecule has 0 aliphatic carbocycles. The number of hydrogen-bond acceptors (Lipinski definition) is 3. The lowest BCUT2D eigenvalue weighted by molar-refractivity contribution is -0.133. The Morgan fingerprint density at radius 1 is 1.53 bits per heavy atom. The van der Waals surface area contributed by atoms with Crippen molar-refractivity contribution in [2.45, 2.75) is 26.2 Å². The van der Waals surface area contributed by atoms with Crippen LogP contribution in [0.4, 0.5) is 0 Å². The molecule has 0 bridgehead atoms. The number of carbonyl (C=O) groups is 2. The summed E-state index contributed by atoms with van der Waals surface area (Å²) >= 11 is 0. The summed E-state index contributed by atoms with van der Waals surface area (Å²) in [7, 11) is 0. The normalized spacial score (nSPS) is 15.6. The van der Waals surface area contributed by atoms with E-state index < -0.39 is 5.97 Å². The molecule has 2 rings (SSSR count). The van der Waals surface area contributed by atoms with E-state index in [2.05, 4.69) is 15.5 Å². The number of aromatic amines is 1. The van der Waals surface area contributed by atoms with Gasteiger partial charge in [-0.2, -0.15) is 5.10 Å². The molecule has 0 radical (unpaired) electrons. The number of rotatable bonds is 3. The average molecular weight is 235 g/mol. The number of amides is 1. The predicted molar refractivity (Wildman–Crippen MR) is 60.0 cm³/mol. The smallest absolute Gasteiger partial charge is 0.334 e. The number of H-pyrrole nitrogens is 1. The van der Waals surface area contributed by atoms with E-state index >= 15 is 0 Å². The lowest BCUT2D eigenvalue weighted by Crippen LogP contribution is -2.14. The van der Waals surface area contributed by atoms with Crippen LogP contribution < -0.4 is 5.32 Å². The Morgan fingerprint density at radius 3 is 2.76 bits per heavy atom. The third-order valence-electron chi connectivity index (χ3n) is 2.64. The highest BCUT2D eigenvalue weighted by Gasteiger charge is 2.28.